The lowest BCUT2D eigenvalue weighted by Gasteiger charge is -2.18. The third-order valence-corrected chi connectivity index (χ3v) is 7.50. The zero-order chi connectivity index (χ0) is 19.0. The number of fused-ring (bicyclic) bond motifs is 1. The lowest BCUT2D eigenvalue weighted by atomic mass is 10.0. The van der Waals surface area contributed by atoms with E-state index in [1.807, 2.05) is 43.2 Å². The van der Waals surface area contributed by atoms with E-state index in [-0.39, 0.29) is 11.9 Å². The minimum absolute atomic E-state index is 0.259. The smallest absolute Gasteiger partial charge is 0.133 e. The first-order valence-electron chi connectivity index (χ1n) is 8.88. The second-order valence-corrected chi connectivity index (χ2v) is 9.97. The van der Waals surface area contributed by atoms with Gasteiger partial charge in [0, 0.05) is 60.0 Å². The van der Waals surface area contributed by atoms with Gasteiger partial charge < -0.3 is 19.9 Å². The van der Waals surface area contributed by atoms with Crippen molar-refractivity contribution in [3.8, 4) is 11.1 Å². The molecule has 4 rings (SSSR count). The zero-order valence-corrected chi connectivity index (χ0v) is 16.7. The molecule has 2 atom stereocenters. The van der Waals surface area contributed by atoms with E-state index < -0.39 is 8.15 Å². The van der Waals surface area contributed by atoms with E-state index in [0.717, 1.165) is 40.0 Å². The van der Waals surface area contributed by atoms with Crippen LogP contribution in [0.4, 0.5) is 10.1 Å². The maximum Gasteiger partial charge on any atom is 0.133 e. The van der Waals surface area contributed by atoms with E-state index >= 15 is 0 Å². The van der Waals surface area contributed by atoms with E-state index in [9.17, 15) is 14.4 Å². The Morgan fingerprint density at radius 3 is 2.74 bits per heavy atom. The highest BCUT2D eigenvalue weighted by Gasteiger charge is 2.20. The van der Waals surface area contributed by atoms with E-state index in [0.29, 0.717) is 17.6 Å². The maximum absolute atomic E-state index is 14.7. The van der Waals surface area contributed by atoms with Gasteiger partial charge in [0.2, 0.25) is 0 Å². The molecule has 0 radical (unpaired) electrons. The summed E-state index contributed by atoms with van der Waals surface area (Å²) in [6, 6.07) is 11.3. The molecule has 2 unspecified atom stereocenters. The van der Waals surface area contributed by atoms with Gasteiger partial charge in [0.05, 0.1) is 6.10 Å². The number of aliphatic hydroxyl groups excluding tert-OH is 1. The fourth-order valence-corrected chi connectivity index (χ4v) is 5.22. The van der Waals surface area contributed by atoms with E-state index in [2.05, 4.69) is 9.88 Å². The average molecular weight is 404 g/mol. The number of aliphatic hydroxyl groups is 1. The van der Waals surface area contributed by atoms with Crippen LogP contribution in [0.1, 0.15) is 6.42 Å². The Labute approximate surface area is 163 Å². The molecule has 1 fully saturated rings. The molecule has 3 aromatic rings. The first kappa shape index (κ1) is 18.8. The summed E-state index contributed by atoms with van der Waals surface area (Å²) in [4.78, 5) is 15.9. The Morgan fingerprint density at radius 2 is 2.07 bits per heavy atom. The summed E-state index contributed by atoms with van der Waals surface area (Å²) in [5.41, 5.74) is 3.87. The van der Waals surface area contributed by atoms with Gasteiger partial charge in [0.15, 0.2) is 0 Å². The molecule has 0 amide bonds. The lowest BCUT2D eigenvalue weighted by molar-refractivity contribution is 0.198. The number of hydrogen-bond donors (Lipinski definition) is 3. The van der Waals surface area contributed by atoms with Crippen molar-refractivity contribution in [3.63, 3.8) is 0 Å². The molecule has 142 valence electrons. The van der Waals surface area contributed by atoms with Crippen LogP contribution in [0.3, 0.4) is 0 Å². The summed E-state index contributed by atoms with van der Waals surface area (Å²) in [7, 11) is -0.977. The Balaban J connectivity index is 1.64. The first-order valence-corrected chi connectivity index (χ1v) is 11.8. The molecule has 3 N–H and O–H groups in total. The zero-order valence-electron chi connectivity index (χ0n) is 15.0. The summed E-state index contributed by atoms with van der Waals surface area (Å²) in [6.07, 6.45) is 2.39. The number of rotatable bonds is 5. The molecule has 1 aliphatic rings. The van der Waals surface area contributed by atoms with Crippen LogP contribution in [0.15, 0.2) is 47.5 Å². The molecule has 0 saturated carbocycles. The molecular formula is C20H22FN2O2PS. The Bertz CT molecular complexity index is 945. The van der Waals surface area contributed by atoms with Crippen LogP contribution in [-0.4, -0.2) is 46.3 Å². The molecule has 4 nitrogen and oxygen atoms in total. The summed E-state index contributed by atoms with van der Waals surface area (Å²) in [5.74, 6) is -0.259. The third kappa shape index (κ3) is 3.99. The van der Waals surface area contributed by atoms with E-state index in [4.69, 9.17) is 0 Å². The van der Waals surface area contributed by atoms with Gasteiger partial charge in [-0.3, -0.25) is 0 Å². The highest BCUT2D eigenvalue weighted by molar-refractivity contribution is 8.04. The Kier molecular flexibility index (Phi) is 5.42. The fraction of sp³-hybridized carbons (Fsp3) is 0.300. The quantitative estimate of drug-likeness (QED) is 0.429. The van der Waals surface area contributed by atoms with Crippen LogP contribution in [-0.2, 0) is 0 Å². The number of thioether (sulfide) groups is 1. The fourth-order valence-electron chi connectivity index (χ4n) is 3.45. The number of nitrogens with zero attached hydrogens (tertiary/aromatic N) is 1. The number of halogens is 1. The average Bonchev–Trinajstić information content (AvgIpc) is 3.25. The standard InChI is InChI=1S/C20H22FN2O2PS/c1-26(25)12-27-20-10-22-19-9-18(21)16(8-17(19)20)13-2-4-14(5-3-13)23-7-6-15(24)11-23/h2-5,8-10,15,22,24-25H,6-7,11-12H2,1H3. The number of aromatic amines is 1. The SMILES string of the molecule is CP(O)CSc1c[nH]c2cc(F)c(-c3ccc(N4CCC(O)C4)cc3)cc12. The van der Waals surface area contributed by atoms with Crippen LogP contribution >= 0.6 is 19.9 Å². The summed E-state index contributed by atoms with van der Waals surface area (Å²) in [6.45, 7) is 3.31. The van der Waals surface area contributed by atoms with Gasteiger partial charge >= 0.3 is 0 Å². The lowest BCUT2D eigenvalue weighted by Crippen LogP contribution is -2.20. The minimum Gasteiger partial charge on any atom is -0.391 e. The van der Waals surface area contributed by atoms with E-state index in [1.165, 1.54) is 6.07 Å². The summed E-state index contributed by atoms with van der Waals surface area (Å²) >= 11 is 1.59. The van der Waals surface area contributed by atoms with Gasteiger partial charge in [0.25, 0.3) is 0 Å². The number of aromatic nitrogens is 1. The van der Waals surface area contributed by atoms with Gasteiger partial charge in [-0.1, -0.05) is 12.1 Å². The molecule has 27 heavy (non-hydrogen) atoms. The van der Waals surface area contributed by atoms with Crippen LogP contribution < -0.4 is 4.90 Å². The van der Waals surface area contributed by atoms with E-state index in [1.54, 1.807) is 11.8 Å². The van der Waals surface area contributed by atoms with Crippen molar-refractivity contribution in [3.05, 3.63) is 48.4 Å². The van der Waals surface area contributed by atoms with Crippen LogP contribution in [0.2, 0.25) is 0 Å². The number of anilines is 1. The molecule has 2 aromatic carbocycles. The second kappa shape index (κ2) is 7.80. The number of nitrogens with one attached hydrogen (secondary N) is 1. The molecule has 1 saturated heterocycles. The van der Waals surface area contributed by atoms with Gasteiger partial charge in [-0.15, -0.1) is 11.8 Å². The van der Waals surface area contributed by atoms with Crippen molar-refractivity contribution < 1.29 is 14.4 Å². The highest BCUT2D eigenvalue weighted by atomic mass is 32.2. The van der Waals surface area contributed by atoms with Gasteiger partial charge in [-0.2, -0.15) is 0 Å². The van der Waals surface area contributed by atoms with Crippen molar-refractivity contribution in [1.29, 1.82) is 0 Å². The molecule has 7 heteroatoms. The topological polar surface area (TPSA) is 59.5 Å². The molecular weight excluding hydrogens is 382 g/mol. The Hall–Kier alpha value is -1.59. The van der Waals surface area contributed by atoms with Crippen molar-refractivity contribution in [1.82, 2.24) is 4.98 Å². The largest absolute Gasteiger partial charge is 0.391 e. The molecule has 2 heterocycles. The maximum atomic E-state index is 14.7. The summed E-state index contributed by atoms with van der Waals surface area (Å²) < 4.78 is 14.7. The molecule has 0 bridgehead atoms. The minimum atomic E-state index is -0.977. The second-order valence-electron chi connectivity index (χ2n) is 6.90. The number of hydrogen-bond acceptors (Lipinski definition) is 4. The van der Waals surface area contributed by atoms with Gasteiger partial charge in [-0.25, -0.2) is 4.39 Å². The summed E-state index contributed by atoms with van der Waals surface area (Å²) in [5, 5.41) is 10.7. The predicted molar refractivity (Wildman–Crippen MR) is 112 cm³/mol. The third-order valence-electron chi connectivity index (χ3n) is 4.85. The molecule has 0 aliphatic carbocycles. The number of benzene rings is 2. The van der Waals surface area contributed by atoms with Crippen molar-refractivity contribution in [2.45, 2.75) is 17.4 Å². The molecule has 0 spiro atoms. The van der Waals surface area contributed by atoms with Crippen LogP contribution in [0, 0.1) is 5.82 Å². The van der Waals surface area contributed by atoms with Crippen molar-refractivity contribution in [2.75, 3.05) is 30.1 Å². The highest BCUT2D eigenvalue weighted by Crippen LogP contribution is 2.39. The first-order chi connectivity index (χ1) is 13.0. The van der Waals surface area contributed by atoms with Crippen molar-refractivity contribution in [2.24, 2.45) is 0 Å². The molecule has 1 aliphatic heterocycles. The number of β-amino-alcohol motifs (C(OH)–C–C–N with tert-alkyl or cyclic N) is 1. The Morgan fingerprint density at radius 1 is 1.30 bits per heavy atom. The predicted octanol–water partition coefficient (Wildman–Crippen LogP) is 4.61. The monoisotopic (exact) mass is 404 g/mol. The normalized spacial score (nSPS) is 18.4. The van der Waals surface area contributed by atoms with Crippen molar-refractivity contribution >= 4 is 36.5 Å². The van der Waals surface area contributed by atoms with Gasteiger partial charge in [-0.05, 0) is 42.9 Å². The van der Waals surface area contributed by atoms with Crippen LogP contribution in [0.25, 0.3) is 22.0 Å². The van der Waals surface area contributed by atoms with Gasteiger partial charge in [0.1, 0.15) is 5.82 Å². The van der Waals surface area contributed by atoms with Crippen LogP contribution in [0.5, 0.6) is 0 Å². The number of H-pyrrole nitrogens is 1. The molecule has 1 aromatic heterocycles.